The van der Waals surface area contributed by atoms with Gasteiger partial charge in [0.05, 0.1) is 4.92 Å². The van der Waals surface area contributed by atoms with Gasteiger partial charge in [-0.25, -0.2) is 0 Å². The van der Waals surface area contributed by atoms with E-state index in [-0.39, 0.29) is 22.6 Å². The molecule has 5 rings (SSSR count). The van der Waals surface area contributed by atoms with E-state index in [2.05, 4.69) is 76.2 Å². The number of benzene rings is 3. The Kier molecular flexibility index (Phi) is 9.25. The van der Waals surface area contributed by atoms with E-state index in [4.69, 9.17) is 5.73 Å². The van der Waals surface area contributed by atoms with Crippen molar-refractivity contribution in [1.29, 1.82) is 0 Å². The SMILES string of the molecule is CC1=C(C(N)=O)C(c2cccc([N+](=O)[O-])c2)C(C(=O)NCCCN2CCC(c3ccccc3)(c3ccccc3)CC2)=C(C)N1. The molecule has 0 spiro atoms. The molecule has 228 valence electrons. The monoisotopic (exact) mass is 593 g/mol. The average molecular weight is 594 g/mol. The van der Waals surface area contributed by atoms with Crippen molar-refractivity contribution < 1.29 is 14.5 Å². The minimum absolute atomic E-state index is 0.0173. The predicted molar refractivity (Wildman–Crippen MR) is 171 cm³/mol. The highest BCUT2D eigenvalue weighted by atomic mass is 16.6. The van der Waals surface area contributed by atoms with Crippen LogP contribution >= 0.6 is 0 Å². The van der Waals surface area contributed by atoms with Crippen LogP contribution in [0.15, 0.2) is 107 Å². The summed E-state index contributed by atoms with van der Waals surface area (Å²) < 4.78 is 0. The van der Waals surface area contributed by atoms with E-state index >= 15 is 0 Å². The van der Waals surface area contributed by atoms with Crippen LogP contribution in [0.25, 0.3) is 0 Å². The molecule has 1 saturated heterocycles. The number of likely N-dealkylation sites (tertiary alicyclic amines) is 1. The van der Waals surface area contributed by atoms with E-state index in [1.54, 1.807) is 26.0 Å². The van der Waals surface area contributed by atoms with Crippen LogP contribution in [-0.2, 0) is 15.0 Å². The molecule has 9 nitrogen and oxygen atoms in total. The molecule has 2 aliphatic rings. The third kappa shape index (κ3) is 6.28. The lowest BCUT2D eigenvalue weighted by Crippen LogP contribution is -2.44. The van der Waals surface area contributed by atoms with Gasteiger partial charge in [-0.3, -0.25) is 19.7 Å². The summed E-state index contributed by atoms with van der Waals surface area (Å²) in [5.74, 6) is -1.83. The van der Waals surface area contributed by atoms with Gasteiger partial charge in [0.25, 0.3) is 5.69 Å². The first kappa shape index (κ1) is 30.7. The molecule has 0 aromatic heterocycles. The number of nitrogens with two attached hydrogens (primary N) is 1. The van der Waals surface area contributed by atoms with Gasteiger partial charge >= 0.3 is 0 Å². The standard InChI is InChI=1S/C35H39N5O4/c1-24-30(33(36)41)32(26-11-9-16-29(23-26)40(43)44)31(25(2)38-24)34(42)37-19-10-20-39-21-17-35(18-22-39,27-12-5-3-6-13-27)28-14-7-4-8-15-28/h3-9,11-16,23,32,38H,10,17-22H2,1-2H3,(H2,36,41)(H,37,42). The summed E-state index contributed by atoms with van der Waals surface area (Å²) in [7, 11) is 0. The minimum atomic E-state index is -0.820. The number of carbonyl (C=O) groups is 2. The molecule has 2 heterocycles. The normalized spacial score (nSPS) is 18.5. The maximum absolute atomic E-state index is 13.6. The van der Waals surface area contributed by atoms with Gasteiger partial charge in [-0.1, -0.05) is 72.8 Å². The zero-order valence-electron chi connectivity index (χ0n) is 25.2. The van der Waals surface area contributed by atoms with E-state index in [0.717, 1.165) is 38.9 Å². The van der Waals surface area contributed by atoms with Crippen molar-refractivity contribution in [1.82, 2.24) is 15.5 Å². The van der Waals surface area contributed by atoms with Crippen LogP contribution in [0.4, 0.5) is 5.69 Å². The van der Waals surface area contributed by atoms with Crippen LogP contribution in [0, 0.1) is 10.1 Å². The van der Waals surface area contributed by atoms with Crippen molar-refractivity contribution in [2.45, 2.75) is 44.4 Å². The summed E-state index contributed by atoms with van der Waals surface area (Å²) in [5.41, 5.74) is 10.4. The largest absolute Gasteiger partial charge is 0.366 e. The molecule has 3 aromatic rings. The highest BCUT2D eigenvalue weighted by Gasteiger charge is 2.38. The highest BCUT2D eigenvalue weighted by Crippen LogP contribution is 2.42. The molecule has 2 aliphatic heterocycles. The molecule has 3 aromatic carbocycles. The molecule has 0 bridgehead atoms. The predicted octanol–water partition coefficient (Wildman–Crippen LogP) is 4.90. The van der Waals surface area contributed by atoms with Gasteiger partial charge < -0.3 is 21.3 Å². The first-order valence-corrected chi connectivity index (χ1v) is 15.1. The second-order valence-corrected chi connectivity index (χ2v) is 11.6. The summed E-state index contributed by atoms with van der Waals surface area (Å²) in [6.07, 6.45) is 2.78. The lowest BCUT2D eigenvalue weighted by molar-refractivity contribution is -0.384. The molecule has 1 unspecified atom stereocenters. The maximum Gasteiger partial charge on any atom is 0.269 e. The van der Waals surface area contributed by atoms with E-state index in [0.29, 0.717) is 29.1 Å². The van der Waals surface area contributed by atoms with Gasteiger partial charge in [0.2, 0.25) is 11.8 Å². The zero-order chi connectivity index (χ0) is 31.3. The highest BCUT2D eigenvalue weighted by molar-refractivity contribution is 6.03. The Morgan fingerprint density at radius 1 is 0.932 bits per heavy atom. The number of nitro benzene ring substituents is 1. The zero-order valence-corrected chi connectivity index (χ0v) is 25.2. The van der Waals surface area contributed by atoms with Crippen LogP contribution in [-0.4, -0.2) is 47.8 Å². The van der Waals surface area contributed by atoms with Crippen LogP contribution in [0.1, 0.15) is 55.7 Å². The van der Waals surface area contributed by atoms with Gasteiger partial charge in [0.15, 0.2) is 0 Å². The third-order valence-electron chi connectivity index (χ3n) is 8.98. The number of carbonyl (C=O) groups excluding carboxylic acids is 2. The Hall–Kier alpha value is -4.76. The lowest BCUT2D eigenvalue weighted by Gasteiger charge is -2.43. The number of nitro groups is 1. The molecule has 1 atom stereocenters. The number of rotatable bonds is 10. The molecular weight excluding hydrogens is 554 g/mol. The van der Waals surface area contributed by atoms with Gasteiger partial charge in [-0.2, -0.15) is 0 Å². The van der Waals surface area contributed by atoms with E-state index < -0.39 is 16.7 Å². The number of primary amides is 1. The first-order chi connectivity index (χ1) is 21.2. The molecule has 0 radical (unpaired) electrons. The van der Waals surface area contributed by atoms with Crippen LogP contribution < -0.4 is 16.4 Å². The van der Waals surface area contributed by atoms with E-state index in [1.165, 1.54) is 23.3 Å². The summed E-state index contributed by atoms with van der Waals surface area (Å²) in [4.78, 5) is 39.6. The van der Waals surface area contributed by atoms with Crippen LogP contribution in [0.5, 0.6) is 0 Å². The smallest absolute Gasteiger partial charge is 0.269 e. The summed E-state index contributed by atoms with van der Waals surface area (Å²) >= 11 is 0. The summed E-state index contributed by atoms with van der Waals surface area (Å²) in [6.45, 7) is 6.67. The molecule has 44 heavy (non-hydrogen) atoms. The number of nitrogens with zero attached hydrogens (tertiary/aromatic N) is 2. The molecule has 0 saturated carbocycles. The fraction of sp³-hybridized carbons (Fsp3) is 0.314. The first-order valence-electron chi connectivity index (χ1n) is 15.1. The Balaban J connectivity index is 1.24. The number of amides is 2. The lowest BCUT2D eigenvalue weighted by atomic mass is 9.68. The summed E-state index contributed by atoms with van der Waals surface area (Å²) in [6, 6.07) is 27.5. The number of nitrogens with one attached hydrogen (secondary N) is 2. The van der Waals surface area contributed by atoms with Crippen molar-refractivity contribution in [3.05, 3.63) is 134 Å². The minimum Gasteiger partial charge on any atom is -0.366 e. The molecule has 4 N–H and O–H groups in total. The van der Waals surface area contributed by atoms with Gasteiger partial charge in [0.1, 0.15) is 0 Å². The maximum atomic E-state index is 13.6. The second-order valence-electron chi connectivity index (χ2n) is 11.6. The Bertz CT molecular complexity index is 1550. The van der Waals surface area contributed by atoms with Crippen LogP contribution in [0.3, 0.4) is 0 Å². The van der Waals surface area contributed by atoms with Gasteiger partial charge in [-0.05, 0) is 69.4 Å². The number of non-ortho nitro benzene ring substituents is 1. The van der Waals surface area contributed by atoms with E-state index in [9.17, 15) is 19.7 Å². The Morgan fingerprint density at radius 2 is 1.52 bits per heavy atom. The van der Waals surface area contributed by atoms with Crippen molar-refractivity contribution in [2.24, 2.45) is 5.73 Å². The molecule has 2 amide bonds. The molecule has 1 fully saturated rings. The van der Waals surface area contributed by atoms with Crippen LogP contribution in [0.2, 0.25) is 0 Å². The molecular formula is C35H39N5O4. The average Bonchev–Trinajstić information content (AvgIpc) is 3.03. The van der Waals surface area contributed by atoms with Gasteiger partial charge in [0, 0.05) is 52.6 Å². The van der Waals surface area contributed by atoms with E-state index in [1.807, 2.05) is 0 Å². The van der Waals surface area contributed by atoms with Crippen molar-refractivity contribution in [2.75, 3.05) is 26.2 Å². The Morgan fingerprint density at radius 3 is 2.09 bits per heavy atom. The third-order valence-corrected chi connectivity index (χ3v) is 8.98. The van der Waals surface area contributed by atoms with Crippen molar-refractivity contribution in [3.8, 4) is 0 Å². The van der Waals surface area contributed by atoms with Crippen molar-refractivity contribution in [3.63, 3.8) is 0 Å². The fourth-order valence-electron chi connectivity index (χ4n) is 6.79. The quantitative estimate of drug-likeness (QED) is 0.174. The number of allylic oxidation sites excluding steroid dienone is 2. The number of hydrogen-bond donors (Lipinski definition) is 3. The number of piperidine rings is 1. The molecule has 9 heteroatoms. The summed E-state index contributed by atoms with van der Waals surface area (Å²) in [5, 5.41) is 17.6. The second kappa shape index (κ2) is 13.3. The number of dihydropyridines is 1. The molecule has 0 aliphatic carbocycles. The topological polar surface area (TPSA) is 131 Å². The Labute approximate surface area is 258 Å². The van der Waals surface area contributed by atoms with Gasteiger partial charge in [-0.15, -0.1) is 0 Å². The van der Waals surface area contributed by atoms with Crippen molar-refractivity contribution >= 4 is 17.5 Å². The fourth-order valence-corrected chi connectivity index (χ4v) is 6.79. The number of hydrogen-bond acceptors (Lipinski definition) is 6.